The van der Waals surface area contributed by atoms with Crippen molar-refractivity contribution in [2.45, 2.75) is 42.7 Å². The number of benzene rings is 4. The maximum Gasteiger partial charge on any atom is 0.337 e. The molecule has 1 aliphatic carbocycles. The molecule has 0 aliphatic heterocycles. The lowest BCUT2D eigenvalue weighted by Crippen LogP contribution is -2.33. The average Bonchev–Trinajstić information content (AvgIpc) is 3.02. The van der Waals surface area contributed by atoms with E-state index in [2.05, 4.69) is 14.9 Å². The largest absolute Gasteiger partial charge is 0.490 e. The molecule has 8 nitrogen and oxygen atoms in total. The van der Waals surface area contributed by atoms with Gasteiger partial charge in [-0.05, 0) is 110 Å². The van der Waals surface area contributed by atoms with Gasteiger partial charge in [0.2, 0.25) is 0 Å². The predicted molar refractivity (Wildman–Crippen MR) is 163 cm³/mol. The van der Waals surface area contributed by atoms with Gasteiger partial charge in [-0.2, -0.15) is 0 Å². The van der Waals surface area contributed by atoms with Crippen molar-refractivity contribution in [2.24, 2.45) is 0 Å². The van der Waals surface area contributed by atoms with Crippen molar-refractivity contribution in [3.05, 3.63) is 120 Å². The van der Waals surface area contributed by atoms with Crippen LogP contribution in [0.3, 0.4) is 0 Å². The molecule has 0 radical (unpaired) electrons. The average molecular weight is 580 g/mol. The molecule has 0 unspecified atom stereocenters. The van der Waals surface area contributed by atoms with Crippen LogP contribution in [-0.4, -0.2) is 29.1 Å². The van der Waals surface area contributed by atoms with E-state index >= 15 is 0 Å². The zero-order valence-electron chi connectivity index (χ0n) is 22.7. The van der Waals surface area contributed by atoms with Gasteiger partial charge in [0.25, 0.3) is 5.91 Å². The molecule has 0 atom stereocenters. The first-order valence-corrected chi connectivity index (χ1v) is 14.4. The Bertz CT molecular complexity index is 1580. The maximum absolute atomic E-state index is 12.6. The molecule has 4 aromatic carbocycles. The highest BCUT2D eigenvalue weighted by atomic mass is 32.2. The van der Waals surface area contributed by atoms with Crippen molar-refractivity contribution < 1.29 is 24.2 Å². The molecule has 0 aromatic heterocycles. The highest BCUT2D eigenvalue weighted by Crippen LogP contribution is 2.29. The topological polar surface area (TPSA) is 101 Å². The Morgan fingerprint density at radius 1 is 0.833 bits per heavy atom. The van der Waals surface area contributed by atoms with Gasteiger partial charge in [-0.25, -0.2) is 9.64 Å². The van der Waals surface area contributed by atoms with Crippen LogP contribution in [0.1, 0.15) is 46.4 Å². The summed E-state index contributed by atoms with van der Waals surface area (Å²) in [4.78, 5) is 28.5. The first-order valence-electron chi connectivity index (χ1n) is 13.5. The summed E-state index contributed by atoms with van der Waals surface area (Å²) in [7, 11) is 0. The smallest absolute Gasteiger partial charge is 0.337 e. The second-order valence-corrected chi connectivity index (χ2v) is 10.7. The number of hydrogen-bond acceptors (Lipinski definition) is 6. The van der Waals surface area contributed by atoms with Gasteiger partial charge in [0.1, 0.15) is 17.2 Å². The van der Waals surface area contributed by atoms with E-state index in [1.165, 1.54) is 6.07 Å². The predicted octanol–water partition coefficient (Wildman–Crippen LogP) is 7.97. The monoisotopic (exact) mass is 579 g/mol. The summed E-state index contributed by atoms with van der Waals surface area (Å²) in [5, 5.41) is 12.0. The first kappa shape index (κ1) is 28.7. The van der Waals surface area contributed by atoms with Crippen molar-refractivity contribution in [1.29, 1.82) is 0 Å². The number of amides is 1. The molecule has 9 heteroatoms. The number of hydrogen-bond donors (Lipinski definition) is 3. The Kier molecular flexibility index (Phi) is 9.39. The molecule has 4 aromatic rings. The van der Waals surface area contributed by atoms with Crippen LogP contribution in [0.15, 0.2) is 102 Å². The molecule has 1 saturated carbocycles. The lowest BCUT2D eigenvalue weighted by atomic mass is 9.94. The second-order valence-electron chi connectivity index (χ2n) is 9.82. The maximum atomic E-state index is 12.6. The van der Waals surface area contributed by atoms with Crippen molar-refractivity contribution in [3.8, 4) is 17.2 Å². The van der Waals surface area contributed by atoms with Crippen molar-refractivity contribution in [1.82, 2.24) is 4.72 Å². The minimum atomic E-state index is -1.11. The molecule has 0 saturated heterocycles. The second kappa shape index (κ2) is 13.7. The van der Waals surface area contributed by atoms with Gasteiger partial charge in [-0.1, -0.05) is 24.3 Å². The number of para-hydroxylation sites is 1. The molecular weight excluding hydrogens is 550 g/mol. The van der Waals surface area contributed by atoms with Gasteiger partial charge < -0.3 is 19.9 Å². The lowest BCUT2D eigenvalue weighted by Gasteiger charge is -2.29. The third kappa shape index (κ3) is 7.69. The molecule has 0 bridgehead atoms. The van der Waals surface area contributed by atoms with E-state index in [9.17, 15) is 14.7 Å². The van der Waals surface area contributed by atoms with Crippen molar-refractivity contribution >= 4 is 35.2 Å². The molecule has 3 N–H and O–H groups in total. The summed E-state index contributed by atoms with van der Waals surface area (Å²) in [6, 6.07) is 28.4. The lowest BCUT2D eigenvalue weighted by molar-refractivity contribution is 0.0698. The molecule has 5 rings (SSSR count). The fourth-order valence-corrected chi connectivity index (χ4v) is 5.49. The summed E-state index contributed by atoms with van der Waals surface area (Å²) >= 11 is 1.58. The zero-order valence-corrected chi connectivity index (χ0v) is 23.5. The fraction of sp³-hybridized carbons (Fsp3) is 0.182. The third-order valence-corrected chi connectivity index (χ3v) is 7.79. The number of carboxylic acids is 1. The molecular formula is C33H29N3O5S. The van der Waals surface area contributed by atoms with Gasteiger partial charge in [-0.3, -0.25) is 9.52 Å². The number of carboxylic acid groups (broad SMARTS) is 1. The number of carbonyl (C=O) groups is 2. The molecule has 212 valence electrons. The van der Waals surface area contributed by atoms with E-state index in [4.69, 9.17) is 16.0 Å². The molecule has 1 amide bonds. The Hall–Kier alpha value is -4.78. The van der Waals surface area contributed by atoms with Crippen LogP contribution in [-0.2, 0) is 0 Å². The highest BCUT2D eigenvalue weighted by Gasteiger charge is 2.22. The van der Waals surface area contributed by atoms with Crippen LogP contribution in [0.5, 0.6) is 17.2 Å². The Labute approximate surface area is 248 Å². The van der Waals surface area contributed by atoms with E-state index in [-0.39, 0.29) is 17.4 Å². The third-order valence-electron chi connectivity index (χ3n) is 6.85. The molecule has 1 fully saturated rings. The normalized spacial score (nSPS) is 16.2. The highest BCUT2D eigenvalue weighted by molar-refractivity contribution is 7.97. The number of ether oxygens (including phenoxy) is 2. The Morgan fingerprint density at radius 2 is 1.50 bits per heavy atom. The van der Waals surface area contributed by atoms with Crippen molar-refractivity contribution in [3.63, 3.8) is 0 Å². The summed E-state index contributed by atoms with van der Waals surface area (Å²) < 4.78 is 15.7. The summed E-state index contributed by atoms with van der Waals surface area (Å²) in [5.74, 6) is 0.477. The summed E-state index contributed by atoms with van der Waals surface area (Å²) in [5.41, 5.74) is 1.29. The zero-order chi connectivity index (χ0) is 29.3. The fourth-order valence-electron chi connectivity index (χ4n) is 4.63. The van der Waals surface area contributed by atoms with Gasteiger partial charge in [0.15, 0.2) is 5.69 Å². The number of carbonyl (C=O) groups excluding carboxylic acids is 1. The van der Waals surface area contributed by atoms with Crippen LogP contribution in [0.2, 0.25) is 0 Å². The van der Waals surface area contributed by atoms with Crippen LogP contribution in [0.4, 0.5) is 11.4 Å². The summed E-state index contributed by atoms with van der Waals surface area (Å²) in [6.07, 6.45) is 4.11. The van der Waals surface area contributed by atoms with E-state index in [1.54, 1.807) is 54.4 Å². The van der Waals surface area contributed by atoms with E-state index in [0.29, 0.717) is 28.8 Å². The summed E-state index contributed by atoms with van der Waals surface area (Å²) in [6.45, 7) is 7.16. The van der Waals surface area contributed by atoms with Crippen LogP contribution in [0, 0.1) is 6.57 Å². The van der Waals surface area contributed by atoms with Gasteiger partial charge in [-0.15, -0.1) is 0 Å². The van der Waals surface area contributed by atoms with Crippen LogP contribution >= 0.6 is 11.9 Å². The molecule has 1 aliphatic rings. The van der Waals surface area contributed by atoms with Crippen molar-refractivity contribution in [2.75, 3.05) is 5.32 Å². The SMILES string of the molecule is [C-]#[N+]c1cccc(SNC2CCC(Oc3ccc(Oc4ccc(C(=O)Nc5ccccc5C(=O)O)cc4)cc3)CC2)c1. The quantitative estimate of drug-likeness (QED) is 0.129. The molecule has 0 spiro atoms. The van der Waals surface area contributed by atoms with Gasteiger partial charge in [0.05, 0.1) is 23.9 Å². The number of nitrogens with one attached hydrogen (secondary N) is 2. The standard InChI is InChI=1S/C33H29N3O5S/c1-34-24-5-4-6-29(21-24)42-36-23-11-15-26(16-12-23)41-28-19-17-27(18-20-28)40-25-13-9-22(10-14-25)32(37)35-31-8-3-2-7-30(31)33(38)39/h2-10,13-14,17-21,23,26,36H,11-12,15-16H2,(H,35,37)(H,38,39). The molecule has 42 heavy (non-hydrogen) atoms. The van der Waals surface area contributed by atoms with E-state index in [1.807, 2.05) is 48.5 Å². The Morgan fingerprint density at radius 3 is 2.19 bits per heavy atom. The number of anilines is 1. The van der Waals surface area contributed by atoms with Crippen LogP contribution in [0.25, 0.3) is 4.85 Å². The van der Waals surface area contributed by atoms with E-state index in [0.717, 1.165) is 36.3 Å². The van der Waals surface area contributed by atoms with Crippen LogP contribution < -0.4 is 19.5 Å². The first-order chi connectivity index (χ1) is 20.5. The molecule has 0 heterocycles. The van der Waals surface area contributed by atoms with Gasteiger partial charge >= 0.3 is 5.97 Å². The number of nitrogens with zero attached hydrogens (tertiary/aromatic N) is 1. The van der Waals surface area contributed by atoms with E-state index < -0.39 is 11.9 Å². The number of rotatable bonds is 10. The number of aromatic carboxylic acids is 1. The minimum absolute atomic E-state index is 0.0262. The Balaban J connectivity index is 1.07. The minimum Gasteiger partial charge on any atom is -0.490 e. The van der Waals surface area contributed by atoms with Gasteiger partial charge in [0, 0.05) is 16.5 Å².